The molecular weight excluding hydrogens is 248 g/mol. The quantitative estimate of drug-likeness (QED) is 0.887. The average molecular weight is 262 g/mol. The molecular formula is C13H14N2O2S. The van der Waals surface area contributed by atoms with E-state index in [9.17, 15) is 4.79 Å². The maximum Gasteiger partial charge on any atom is 0.336 e. The molecule has 2 N–H and O–H groups in total. The second kappa shape index (κ2) is 5.18. The van der Waals surface area contributed by atoms with Crippen molar-refractivity contribution in [3.8, 4) is 0 Å². The number of benzene rings is 1. The highest BCUT2D eigenvalue weighted by molar-refractivity contribution is 7.07. The Morgan fingerprint density at radius 1 is 1.50 bits per heavy atom. The molecule has 2 aromatic rings. The Kier molecular flexibility index (Phi) is 3.62. The van der Waals surface area contributed by atoms with Crippen molar-refractivity contribution in [3.63, 3.8) is 0 Å². The van der Waals surface area contributed by atoms with E-state index < -0.39 is 5.97 Å². The van der Waals surface area contributed by atoms with Crippen molar-refractivity contribution in [2.45, 2.75) is 19.9 Å². The van der Waals surface area contributed by atoms with Crippen LogP contribution in [0.4, 0.5) is 5.69 Å². The molecule has 1 atom stereocenters. The monoisotopic (exact) mass is 262 g/mol. The van der Waals surface area contributed by atoms with E-state index in [1.807, 2.05) is 18.4 Å². The molecule has 1 aromatic carbocycles. The van der Waals surface area contributed by atoms with Gasteiger partial charge < -0.3 is 10.4 Å². The first kappa shape index (κ1) is 12.6. The first-order chi connectivity index (χ1) is 8.59. The number of nitrogens with zero attached hydrogens (tertiary/aromatic N) is 1. The number of anilines is 1. The van der Waals surface area contributed by atoms with Gasteiger partial charge >= 0.3 is 5.97 Å². The number of hydrogen-bond acceptors (Lipinski definition) is 4. The Morgan fingerprint density at radius 3 is 2.89 bits per heavy atom. The predicted octanol–water partition coefficient (Wildman–Crippen LogP) is 3.32. The largest absolute Gasteiger partial charge is 0.478 e. The minimum atomic E-state index is -0.905. The van der Waals surface area contributed by atoms with E-state index in [0.717, 1.165) is 16.9 Å². The number of carboxylic acid groups (broad SMARTS) is 1. The number of aromatic nitrogens is 1. The molecule has 0 aliphatic rings. The molecule has 94 valence electrons. The molecule has 0 saturated carbocycles. The van der Waals surface area contributed by atoms with E-state index in [1.54, 1.807) is 35.9 Å². The molecule has 0 spiro atoms. The zero-order valence-electron chi connectivity index (χ0n) is 10.2. The van der Waals surface area contributed by atoms with Gasteiger partial charge in [-0.15, -0.1) is 11.3 Å². The maximum absolute atomic E-state index is 11.0. The van der Waals surface area contributed by atoms with Gasteiger partial charge in [-0.05, 0) is 31.5 Å². The molecule has 0 radical (unpaired) electrons. The molecule has 0 aliphatic heterocycles. The molecule has 0 amide bonds. The lowest BCUT2D eigenvalue weighted by molar-refractivity contribution is 0.0696. The standard InChI is InChI=1S/C13H14N2O2S/c1-8-10(13(16)17)4-3-5-11(8)15-9(2)12-6-18-7-14-12/h3-7,9,15H,1-2H3,(H,16,17). The normalized spacial score (nSPS) is 12.1. The molecule has 4 nitrogen and oxygen atoms in total. The third-order valence-electron chi connectivity index (χ3n) is 2.83. The van der Waals surface area contributed by atoms with Crippen LogP contribution >= 0.6 is 11.3 Å². The molecule has 5 heteroatoms. The van der Waals surface area contributed by atoms with Crippen molar-refractivity contribution in [3.05, 3.63) is 45.9 Å². The van der Waals surface area contributed by atoms with Gasteiger partial charge in [0.15, 0.2) is 0 Å². The van der Waals surface area contributed by atoms with Crippen LogP contribution in [0.3, 0.4) is 0 Å². The van der Waals surface area contributed by atoms with Gasteiger partial charge in [-0.3, -0.25) is 0 Å². The highest BCUT2D eigenvalue weighted by Crippen LogP contribution is 2.24. The molecule has 18 heavy (non-hydrogen) atoms. The Morgan fingerprint density at radius 2 is 2.28 bits per heavy atom. The van der Waals surface area contributed by atoms with Gasteiger partial charge in [-0.1, -0.05) is 6.07 Å². The molecule has 0 bridgehead atoms. The molecule has 1 unspecified atom stereocenters. The first-order valence-corrected chi connectivity index (χ1v) is 6.51. The van der Waals surface area contributed by atoms with Crippen molar-refractivity contribution in [1.82, 2.24) is 4.98 Å². The summed E-state index contributed by atoms with van der Waals surface area (Å²) in [5, 5.41) is 14.3. The Hall–Kier alpha value is -1.88. The fourth-order valence-electron chi connectivity index (χ4n) is 1.77. The van der Waals surface area contributed by atoms with E-state index >= 15 is 0 Å². The fourth-order valence-corrected chi connectivity index (χ4v) is 2.41. The Labute approximate surface area is 109 Å². The number of aromatic carboxylic acids is 1. The molecule has 0 saturated heterocycles. The van der Waals surface area contributed by atoms with Gasteiger partial charge in [0.25, 0.3) is 0 Å². The lowest BCUT2D eigenvalue weighted by atomic mass is 10.1. The maximum atomic E-state index is 11.0. The lowest BCUT2D eigenvalue weighted by Crippen LogP contribution is -2.10. The van der Waals surface area contributed by atoms with Crippen molar-refractivity contribution >= 4 is 23.0 Å². The van der Waals surface area contributed by atoms with E-state index in [1.165, 1.54) is 0 Å². The molecule has 2 rings (SSSR count). The van der Waals surface area contributed by atoms with Gasteiger partial charge in [0.05, 0.1) is 22.8 Å². The van der Waals surface area contributed by atoms with Gasteiger partial charge in [0, 0.05) is 11.1 Å². The smallest absolute Gasteiger partial charge is 0.336 e. The summed E-state index contributed by atoms with van der Waals surface area (Å²) in [5.41, 5.74) is 4.64. The van der Waals surface area contributed by atoms with Crippen molar-refractivity contribution in [2.75, 3.05) is 5.32 Å². The second-order valence-corrected chi connectivity index (χ2v) is 4.78. The summed E-state index contributed by atoms with van der Waals surface area (Å²) in [5.74, 6) is -0.905. The molecule has 1 aromatic heterocycles. The Balaban J connectivity index is 2.24. The molecule has 1 heterocycles. The SMILES string of the molecule is Cc1c(NC(C)c2cscn2)cccc1C(=O)O. The van der Waals surface area contributed by atoms with Crippen LogP contribution in [0.15, 0.2) is 29.1 Å². The summed E-state index contributed by atoms with van der Waals surface area (Å²) in [4.78, 5) is 15.3. The number of rotatable bonds is 4. The van der Waals surface area contributed by atoms with Gasteiger partial charge in [-0.25, -0.2) is 9.78 Å². The number of hydrogen-bond donors (Lipinski definition) is 2. The van der Waals surface area contributed by atoms with E-state index in [0.29, 0.717) is 5.56 Å². The molecule has 0 fully saturated rings. The molecule has 0 aliphatic carbocycles. The Bertz CT molecular complexity index is 552. The topological polar surface area (TPSA) is 62.2 Å². The van der Waals surface area contributed by atoms with Gasteiger partial charge in [0.1, 0.15) is 0 Å². The van der Waals surface area contributed by atoms with Crippen LogP contribution in [0.2, 0.25) is 0 Å². The number of carbonyl (C=O) groups is 1. The summed E-state index contributed by atoms with van der Waals surface area (Å²) in [6.45, 7) is 3.81. The minimum absolute atomic E-state index is 0.0546. The highest BCUT2D eigenvalue weighted by atomic mass is 32.1. The van der Waals surface area contributed by atoms with Crippen LogP contribution in [0, 0.1) is 6.92 Å². The zero-order chi connectivity index (χ0) is 13.1. The van der Waals surface area contributed by atoms with Gasteiger partial charge in [-0.2, -0.15) is 0 Å². The van der Waals surface area contributed by atoms with Crippen LogP contribution in [0.5, 0.6) is 0 Å². The summed E-state index contributed by atoms with van der Waals surface area (Å²) >= 11 is 1.55. The minimum Gasteiger partial charge on any atom is -0.478 e. The van der Waals surface area contributed by atoms with E-state index in [-0.39, 0.29) is 6.04 Å². The summed E-state index contributed by atoms with van der Waals surface area (Å²) in [6.07, 6.45) is 0. The van der Waals surface area contributed by atoms with Crippen molar-refractivity contribution < 1.29 is 9.90 Å². The van der Waals surface area contributed by atoms with Gasteiger partial charge in [0.2, 0.25) is 0 Å². The van der Waals surface area contributed by atoms with Crippen LogP contribution < -0.4 is 5.32 Å². The number of carboxylic acids is 1. The fraction of sp³-hybridized carbons (Fsp3) is 0.231. The average Bonchev–Trinajstić information content (AvgIpc) is 2.85. The predicted molar refractivity (Wildman–Crippen MR) is 72.3 cm³/mol. The number of thiazole rings is 1. The van der Waals surface area contributed by atoms with Crippen LogP contribution in [-0.4, -0.2) is 16.1 Å². The highest BCUT2D eigenvalue weighted by Gasteiger charge is 2.13. The second-order valence-electron chi connectivity index (χ2n) is 4.06. The van der Waals surface area contributed by atoms with Crippen molar-refractivity contribution in [2.24, 2.45) is 0 Å². The van der Waals surface area contributed by atoms with Crippen molar-refractivity contribution in [1.29, 1.82) is 0 Å². The van der Waals surface area contributed by atoms with Crippen LogP contribution in [0.25, 0.3) is 0 Å². The summed E-state index contributed by atoms with van der Waals surface area (Å²) in [6, 6.07) is 5.28. The number of nitrogens with one attached hydrogen (secondary N) is 1. The zero-order valence-corrected chi connectivity index (χ0v) is 11.0. The third-order valence-corrected chi connectivity index (χ3v) is 3.44. The summed E-state index contributed by atoms with van der Waals surface area (Å²) in [7, 11) is 0. The van der Waals surface area contributed by atoms with E-state index in [4.69, 9.17) is 5.11 Å². The van der Waals surface area contributed by atoms with Crippen LogP contribution in [0.1, 0.15) is 34.6 Å². The lowest BCUT2D eigenvalue weighted by Gasteiger charge is -2.16. The van der Waals surface area contributed by atoms with Crippen LogP contribution in [-0.2, 0) is 0 Å². The third kappa shape index (κ3) is 2.51. The summed E-state index contributed by atoms with van der Waals surface area (Å²) < 4.78 is 0. The van der Waals surface area contributed by atoms with E-state index in [2.05, 4.69) is 10.3 Å². The first-order valence-electron chi connectivity index (χ1n) is 5.57.